The van der Waals surface area contributed by atoms with E-state index in [0.717, 1.165) is 22.2 Å². The van der Waals surface area contributed by atoms with Crippen LogP contribution in [-0.4, -0.2) is 15.1 Å². The third-order valence-corrected chi connectivity index (χ3v) is 3.02. The molecule has 0 aliphatic rings. The summed E-state index contributed by atoms with van der Waals surface area (Å²) in [5, 5.41) is 10.2. The summed E-state index contributed by atoms with van der Waals surface area (Å²) in [6.45, 7) is 1.91. The van der Waals surface area contributed by atoms with Gasteiger partial charge in [-0.25, -0.2) is 9.97 Å². The number of pyridine rings is 2. The van der Waals surface area contributed by atoms with Crippen LogP contribution in [0.5, 0.6) is 11.6 Å². The zero-order valence-corrected chi connectivity index (χ0v) is 11.1. The molecule has 0 unspecified atom stereocenters. The molecule has 100 valence electrons. The molecule has 3 rings (SSSR count). The van der Waals surface area contributed by atoms with Gasteiger partial charge in [0.2, 0.25) is 5.88 Å². The van der Waals surface area contributed by atoms with Gasteiger partial charge < -0.3 is 9.84 Å². The Labute approximate surface area is 116 Å². The summed E-state index contributed by atoms with van der Waals surface area (Å²) in [4.78, 5) is 8.66. The minimum absolute atomic E-state index is 0.0359. The van der Waals surface area contributed by atoms with Gasteiger partial charge in [-0.2, -0.15) is 0 Å². The molecule has 1 aromatic carbocycles. The fraction of sp³-hybridized carbons (Fsp3) is 0.125. The Morgan fingerprint density at radius 3 is 2.90 bits per heavy atom. The van der Waals surface area contributed by atoms with E-state index >= 15 is 0 Å². The van der Waals surface area contributed by atoms with Crippen molar-refractivity contribution in [1.29, 1.82) is 0 Å². The highest BCUT2D eigenvalue weighted by atomic mass is 16.5. The molecular weight excluding hydrogens is 252 g/mol. The highest BCUT2D eigenvalue weighted by Crippen LogP contribution is 2.28. The van der Waals surface area contributed by atoms with E-state index in [-0.39, 0.29) is 6.61 Å². The molecule has 2 aromatic heterocycles. The molecule has 1 N–H and O–H groups in total. The van der Waals surface area contributed by atoms with Crippen molar-refractivity contribution in [2.24, 2.45) is 0 Å². The summed E-state index contributed by atoms with van der Waals surface area (Å²) in [5.74, 6) is 1.11. The fourth-order valence-corrected chi connectivity index (χ4v) is 2.02. The second kappa shape index (κ2) is 5.27. The smallest absolute Gasteiger partial charge is 0.219 e. The molecule has 0 aliphatic carbocycles. The predicted molar refractivity (Wildman–Crippen MR) is 76.7 cm³/mol. The van der Waals surface area contributed by atoms with E-state index in [1.165, 1.54) is 0 Å². The lowest BCUT2D eigenvalue weighted by atomic mass is 10.2. The van der Waals surface area contributed by atoms with Crippen LogP contribution in [0, 0.1) is 6.92 Å². The van der Waals surface area contributed by atoms with E-state index < -0.39 is 0 Å². The molecule has 0 bridgehead atoms. The lowest BCUT2D eigenvalue weighted by Gasteiger charge is -2.08. The lowest BCUT2D eigenvalue weighted by molar-refractivity contribution is 0.281. The molecule has 0 spiro atoms. The minimum atomic E-state index is -0.0359. The van der Waals surface area contributed by atoms with Gasteiger partial charge in [0.1, 0.15) is 5.52 Å². The van der Waals surface area contributed by atoms with Crippen LogP contribution in [0.4, 0.5) is 0 Å². The molecule has 0 saturated carbocycles. The molecule has 4 heteroatoms. The van der Waals surface area contributed by atoms with E-state index in [0.29, 0.717) is 11.6 Å². The number of aryl methyl sites for hydroxylation is 1. The maximum atomic E-state index is 9.14. The number of hydrogen-bond acceptors (Lipinski definition) is 4. The van der Waals surface area contributed by atoms with Gasteiger partial charge in [-0.3, -0.25) is 0 Å². The van der Waals surface area contributed by atoms with Crippen molar-refractivity contribution in [1.82, 2.24) is 9.97 Å². The number of nitrogens with zero attached hydrogens (tertiary/aromatic N) is 2. The standard InChI is InChI=1S/C16H14N2O2/c1-11-5-6-13-3-2-4-14(16(13)18-11)20-15-9-12(10-19)7-8-17-15/h2-9,19H,10H2,1H3. The van der Waals surface area contributed by atoms with Crippen molar-refractivity contribution in [3.05, 3.63) is 59.9 Å². The molecule has 4 nitrogen and oxygen atoms in total. The van der Waals surface area contributed by atoms with Gasteiger partial charge in [0, 0.05) is 23.3 Å². The van der Waals surface area contributed by atoms with E-state index in [9.17, 15) is 0 Å². The Balaban J connectivity index is 2.03. The van der Waals surface area contributed by atoms with E-state index in [1.807, 2.05) is 37.3 Å². The molecular formula is C16H14N2O2. The SMILES string of the molecule is Cc1ccc2cccc(Oc3cc(CO)ccn3)c2n1. The second-order valence-corrected chi connectivity index (χ2v) is 4.54. The summed E-state index contributed by atoms with van der Waals surface area (Å²) in [5.41, 5.74) is 2.51. The topological polar surface area (TPSA) is 55.2 Å². The first-order chi connectivity index (χ1) is 9.76. The fourth-order valence-electron chi connectivity index (χ4n) is 2.02. The van der Waals surface area contributed by atoms with Crippen LogP contribution in [0.3, 0.4) is 0 Å². The number of aliphatic hydroxyl groups excluding tert-OH is 1. The predicted octanol–water partition coefficient (Wildman–Crippen LogP) is 3.22. The summed E-state index contributed by atoms with van der Waals surface area (Å²) in [7, 11) is 0. The number of ether oxygens (including phenoxy) is 1. The Morgan fingerprint density at radius 2 is 2.05 bits per heavy atom. The zero-order valence-electron chi connectivity index (χ0n) is 11.1. The van der Waals surface area contributed by atoms with E-state index in [1.54, 1.807) is 18.3 Å². The van der Waals surface area contributed by atoms with Gasteiger partial charge in [0.05, 0.1) is 6.61 Å². The molecule has 2 heterocycles. The van der Waals surface area contributed by atoms with Crippen LogP contribution in [0.1, 0.15) is 11.3 Å². The molecule has 0 saturated heterocycles. The number of rotatable bonds is 3. The summed E-state index contributed by atoms with van der Waals surface area (Å²) < 4.78 is 5.80. The summed E-state index contributed by atoms with van der Waals surface area (Å²) >= 11 is 0. The van der Waals surface area contributed by atoms with Crippen LogP contribution < -0.4 is 4.74 Å². The Morgan fingerprint density at radius 1 is 1.15 bits per heavy atom. The molecule has 3 aromatic rings. The van der Waals surface area contributed by atoms with Gasteiger partial charge in [0.15, 0.2) is 5.75 Å². The third-order valence-electron chi connectivity index (χ3n) is 3.02. The number of fused-ring (bicyclic) bond motifs is 1. The molecule has 0 aliphatic heterocycles. The number of para-hydroxylation sites is 1. The van der Waals surface area contributed by atoms with Crippen molar-refractivity contribution in [3.63, 3.8) is 0 Å². The van der Waals surface area contributed by atoms with Gasteiger partial charge in [-0.1, -0.05) is 18.2 Å². The number of benzene rings is 1. The van der Waals surface area contributed by atoms with Crippen molar-refractivity contribution in [3.8, 4) is 11.6 Å². The van der Waals surface area contributed by atoms with Crippen LogP contribution in [0.2, 0.25) is 0 Å². The molecule has 0 fully saturated rings. The number of hydrogen-bond donors (Lipinski definition) is 1. The van der Waals surface area contributed by atoms with Crippen molar-refractivity contribution >= 4 is 10.9 Å². The average Bonchev–Trinajstić information content (AvgIpc) is 2.48. The van der Waals surface area contributed by atoms with Crippen molar-refractivity contribution in [2.45, 2.75) is 13.5 Å². The van der Waals surface area contributed by atoms with Crippen LogP contribution in [-0.2, 0) is 6.61 Å². The molecule has 20 heavy (non-hydrogen) atoms. The average molecular weight is 266 g/mol. The highest BCUT2D eigenvalue weighted by molar-refractivity contribution is 5.84. The highest BCUT2D eigenvalue weighted by Gasteiger charge is 2.06. The Bertz CT molecular complexity index is 756. The van der Waals surface area contributed by atoms with E-state index in [4.69, 9.17) is 9.84 Å². The van der Waals surface area contributed by atoms with Gasteiger partial charge >= 0.3 is 0 Å². The van der Waals surface area contributed by atoms with Gasteiger partial charge in [-0.05, 0) is 30.7 Å². The number of aliphatic hydroxyl groups is 1. The van der Waals surface area contributed by atoms with Crippen LogP contribution in [0.25, 0.3) is 10.9 Å². The van der Waals surface area contributed by atoms with E-state index in [2.05, 4.69) is 9.97 Å². The minimum Gasteiger partial charge on any atom is -0.437 e. The van der Waals surface area contributed by atoms with Crippen LogP contribution in [0.15, 0.2) is 48.7 Å². The Kier molecular flexibility index (Phi) is 3.31. The normalized spacial score (nSPS) is 10.7. The first-order valence-corrected chi connectivity index (χ1v) is 6.36. The quantitative estimate of drug-likeness (QED) is 0.790. The van der Waals surface area contributed by atoms with Gasteiger partial charge in [0.25, 0.3) is 0 Å². The summed E-state index contributed by atoms with van der Waals surface area (Å²) in [6.07, 6.45) is 1.62. The second-order valence-electron chi connectivity index (χ2n) is 4.54. The molecule has 0 atom stereocenters. The lowest BCUT2D eigenvalue weighted by Crippen LogP contribution is -1.93. The molecule has 0 radical (unpaired) electrons. The monoisotopic (exact) mass is 266 g/mol. The Hall–Kier alpha value is -2.46. The largest absolute Gasteiger partial charge is 0.437 e. The summed E-state index contributed by atoms with van der Waals surface area (Å²) in [6, 6.07) is 13.2. The molecule has 0 amide bonds. The maximum absolute atomic E-state index is 9.14. The van der Waals surface area contributed by atoms with Crippen LogP contribution >= 0.6 is 0 Å². The van der Waals surface area contributed by atoms with Crippen molar-refractivity contribution in [2.75, 3.05) is 0 Å². The first kappa shape index (κ1) is 12.6. The van der Waals surface area contributed by atoms with Gasteiger partial charge in [-0.15, -0.1) is 0 Å². The first-order valence-electron chi connectivity index (χ1n) is 6.36. The number of aromatic nitrogens is 2. The maximum Gasteiger partial charge on any atom is 0.219 e. The third kappa shape index (κ3) is 2.46. The zero-order chi connectivity index (χ0) is 13.9. The van der Waals surface area contributed by atoms with Crippen molar-refractivity contribution < 1.29 is 9.84 Å².